The van der Waals surface area contributed by atoms with E-state index in [9.17, 15) is 9.59 Å². The van der Waals surface area contributed by atoms with E-state index in [1.54, 1.807) is 12.1 Å². The molecule has 0 atom stereocenters. The van der Waals surface area contributed by atoms with E-state index in [4.69, 9.17) is 14.2 Å². The number of rotatable bonds is 9. The van der Waals surface area contributed by atoms with E-state index in [1.807, 2.05) is 19.1 Å². The maximum Gasteiger partial charge on any atom is 0.311 e. The van der Waals surface area contributed by atoms with E-state index in [-0.39, 0.29) is 19.4 Å². The van der Waals surface area contributed by atoms with Crippen molar-refractivity contribution in [1.82, 2.24) is 0 Å². The van der Waals surface area contributed by atoms with Gasteiger partial charge in [-0.25, -0.2) is 0 Å². The zero-order valence-corrected chi connectivity index (χ0v) is 13.5. The first-order valence-corrected chi connectivity index (χ1v) is 7.57. The first kappa shape index (κ1) is 18.2. The van der Waals surface area contributed by atoms with E-state index in [1.165, 1.54) is 5.56 Å². The van der Waals surface area contributed by atoms with Crippen LogP contribution in [0.15, 0.2) is 24.3 Å². The highest BCUT2D eigenvalue weighted by Gasteiger charge is 2.10. The van der Waals surface area contributed by atoms with Crippen molar-refractivity contribution in [3.63, 3.8) is 0 Å². The van der Waals surface area contributed by atoms with Gasteiger partial charge in [0.25, 0.3) is 0 Å². The highest BCUT2D eigenvalue weighted by Crippen LogP contribution is 2.19. The second kappa shape index (κ2) is 9.95. The molecule has 0 saturated heterocycles. The summed E-state index contributed by atoms with van der Waals surface area (Å²) in [7, 11) is 0. The van der Waals surface area contributed by atoms with Crippen LogP contribution < -0.4 is 4.74 Å². The summed E-state index contributed by atoms with van der Waals surface area (Å²) in [5.74, 6) is 0.0428. The Morgan fingerprint density at radius 2 is 1.64 bits per heavy atom. The van der Waals surface area contributed by atoms with Crippen molar-refractivity contribution >= 4 is 11.9 Å². The minimum Gasteiger partial charge on any atom is -0.463 e. The summed E-state index contributed by atoms with van der Waals surface area (Å²) in [5, 5.41) is 0. The SMILES string of the molecule is CCOCCOC(=O)CCC(=O)Oc1ccc(C(C)C)cc1. The molecule has 0 aliphatic heterocycles. The third kappa shape index (κ3) is 7.22. The topological polar surface area (TPSA) is 61.8 Å². The third-order valence-electron chi connectivity index (χ3n) is 3.01. The fourth-order valence-electron chi connectivity index (χ4n) is 1.74. The number of hydrogen-bond donors (Lipinski definition) is 0. The van der Waals surface area contributed by atoms with Crippen molar-refractivity contribution in [3.8, 4) is 5.75 Å². The lowest BCUT2D eigenvalue weighted by Crippen LogP contribution is -2.14. The zero-order chi connectivity index (χ0) is 16.4. The molecule has 122 valence electrons. The molecule has 0 radical (unpaired) electrons. The molecule has 1 aromatic rings. The van der Waals surface area contributed by atoms with E-state index in [0.29, 0.717) is 24.9 Å². The molecular formula is C17H24O5. The van der Waals surface area contributed by atoms with E-state index in [0.717, 1.165) is 0 Å². The van der Waals surface area contributed by atoms with Crippen LogP contribution in [-0.2, 0) is 19.1 Å². The summed E-state index contributed by atoms with van der Waals surface area (Å²) >= 11 is 0. The highest BCUT2D eigenvalue weighted by molar-refractivity contribution is 5.79. The lowest BCUT2D eigenvalue weighted by Gasteiger charge is -2.08. The lowest BCUT2D eigenvalue weighted by molar-refractivity contribution is -0.148. The zero-order valence-electron chi connectivity index (χ0n) is 13.5. The second-order valence-corrected chi connectivity index (χ2v) is 5.12. The largest absolute Gasteiger partial charge is 0.463 e. The average Bonchev–Trinajstić information content (AvgIpc) is 2.50. The molecule has 0 aliphatic carbocycles. The van der Waals surface area contributed by atoms with E-state index < -0.39 is 11.9 Å². The molecule has 0 aromatic heterocycles. The van der Waals surface area contributed by atoms with Gasteiger partial charge in [-0.15, -0.1) is 0 Å². The van der Waals surface area contributed by atoms with Crippen LogP contribution in [0.2, 0.25) is 0 Å². The third-order valence-corrected chi connectivity index (χ3v) is 3.01. The van der Waals surface area contributed by atoms with Gasteiger partial charge in [-0.3, -0.25) is 9.59 Å². The summed E-state index contributed by atoms with van der Waals surface area (Å²) in [5.41, 5.74) is 1.18. The van der Waals surface area contributed by atoms with Crippen molar-refractivity contribution in [3.05, 3.63) is 29.8 Å². The molecule has 0 aliphatic rings. The van der Waals surface area contributed by atoms with Gasteiger partial charge in [-0.1, -0.05) is 26.0 Å². The molecule has 22 heavy (non-hydrogen) atoms. The Balaban J connectivity index is 2.26. The predicted molar refractivity (Wildman–Crippen MR) is 82.9 cm³/mol. The van der Waals surface area contributed by atoms with Crippen LogP contribution in [-0.4, -0.2) is 31.8 Å². The molecule has 0 fully saturated rings. The summed E-state index contributed by atoms with van der Waals surface area (Å²) in [4.78, 5) is 23.1. The van der Waals surface area contributed by atoms with E-state index >= 15 is 0 Å². The number of hydrogen-bond acceptors (Lipinski definition) is 5. The Morgan fingerprint density at radius 3 is 2.23 bits per heavy atom. The first-order valence-electron chi connectivity index (χ1n) is 7.57. The first-order chi connectivity index (χ1) is 10.5. The Morgan fingerprint density at radius 1 is 1.00 bits per heavy atom. The molecule has 0 saturated carbocycles. The predicted octanol–water partition coefficient (Wildman–Crippen LogP) is 3.08. The van der Waals surface area contributed by atoms with Crippen LogP contribution in [0.25, 0.3) is 0 Å². The van der Waals surface area contributed by atoms with Crippen molar-refractivity contribution in [2.75, 3.05) is 19.8 Å². The number of carbonyl (C=O) groups excluding carboxylic acids is 2. The van der Waals surface area contributed by atoms with Crippen LogP contribution in [0, 0.1) is 0 Å². The molecule has 1 aromatic carbocycles. The van der Waals surface area contributed by atoms with Gasteiger partial charge in [0.15, 0.2) is 0 Å². The van der Waals surface area contributed by atoms with Gasteiger partial charge in [0.05, 0.1) is 19.4 Å². The van der Waals surface area contributed by atoms with Gasteiger partial charge in [0.1, 0.15) is 12.4 Å². The second-order valence-electron chi connectivity index (χ2n) is 5.12. The molecule has 5 heteroatoms. The maximum atomic E-state index is 11.7. The van der Waals surface area contributed by atoms with Crippen molar-refractivity contribution in [2.45, 2.75) is 39.5 Å². The molecule has 0 spiro atoms. The van der Waals surface area contributed by atoms with Crippen LogP contribution in [0.3, 0.4) is 0 Å². The summed E-state index contributed by atoms with van der Waals surface area (Å²) in [6, 6.07) is 7.37. The quantitative estimate of drug-likeness (QED) is 0.398. The molecule has 0 unspecified atom stereocenters. The van der Waals surface area contributed by atoms with Gasteiger partial charge >= 0.3 is 11.9 Å². The Labute approximate surface area is 131 Å². The van der Waals surface area contributed by atoms with Gasteiger partial charge in [0.2, 0.25) is 0 Å². The molecule has 1 rings (SSSR count). The minimum atomic E-state index is -0.445. The fraction of sp³-hybridized carbons (Fsp3) is 0.529. The van der Waals surface area contributed by atoms with Crippen LogP contribution in [0.5, 0.6) is 5.75 Å². The number of carbonyl (C=O) groups is 2. The van der Waals surface area contributed by atoms with Gasteiger partial charge in [-0.2, -0.15) is 0 Å². The monoisotopic (exact) mass is 308 g/mol. The molecule has 0 N–H and O–H groups in total. The summed E-state index contributed by atoms with van der Waals surface area (Å²) in [6.45, 7) is 7.22. The molecule has 0 amide bonds. The summed E-state index contributed by atoms with van der Waals surface area (Å²) in [6.07, 6.45) is 0.00837. The summed E-state index contributed by atoms with van der Waals surface area (Å²) < 4.78 is 15.1. The average molecular weight is 308 g/mol. The Kier molecular flexibility index (Phi) is 8.22. The highest BCUT2D eigenvalue weighted by atomic mass is 16.6. The molecule has 0 bridgehead atoms. The van der Waals surface area contributed by atoms with Crippen molar-refractivity contribution in [2.24, 2.45) is 0 Å². The van der Waals surface area contributed by atoms with Crippen LogP contribution >= 0.6 is 0 Å². The Bertz CT molecular complexity index is 464. The van der Waals surface area contributed by atoms with Crippen LogP contribution in [0.4, 0.5) is 0 Å². The van der Waals surface area contributed by atoms with Crippen LogP contribution in [0.1, 0.15) is 45.1 Å². The van der Waals surface area contributed by atoms with Gasteiger partial charge in [-0.05, 0) is 30.5 Å². The Hall–Kier alpha value is -1.88. The fourth-order valence-corrected chi connectivity index (χ4v) is 1.74. The number of esters is 2. The molecular weight excluding hydrogens is 284 g/mol. The molecule has 0 heterocycles. The number of benzene rings is 1. The smallest absolute Gasteiger partial charge is 0.311 e. The minimum absolute atomic E-state index is 0.000595. The van der Waals surface area contributed by atoms with Crippen molar-refractivity contribution < 1.29 is 23.8 Å². The van der Waals surface area contributed by atoms with Crippen molar-refractivity contribution in [1.29, 1.82) is 0 Å². The van der Waals surface area contributed by atoms with Gasteiger partial charge in [0, 0.05) is 6.61 Å². The standard InChI is InChI=1S/C17H24O5/c1-4-20-11-12-21-16(18)9-10-17(19)22-15-7-5-14(6-8-15)13(2)3/h5-8,13H,4,9-12H2,1-3H3. The maximum absolute atomic E-state index is 11.7. The normalized spacial score (nSPS) is 10.5. The van der Waals surface area contributed by atoms with Gasteiger partial charge < -0.3 is 14.2 Å². The van der Waals surface area contributed by atoms with E-state index in [2.05, 4.69) is 13.8 Å². The molecule has 5 nitrogen and oxygen atoms in total. The number of ether oxygens (including phenoxy) is 3. The lowest BCUT2D eigenvalue weighted by atomic mass is 10.0.